The molecule has 4 nitrogen and oxygen atoms in total. The first kappa shape index (κ1) is 16.0. The Morgan fingerprint density at radius 2 is 2.14 bits per heavy atom. The topological polar surface area (TPSA) is 58.4 Å². The lowest BCUT2D eigenvalue weighted by Crippen LogP contribution is -2.56. The standard InChI is InChI=1S/C17H27N3O/c1-14-7-6-10-17(11-14,13-18)20(2)12-16(21)19-15-8-4-3-5-9-15/h3-5,8-9,14H,6-7,10-13,18H2,1-2H3,(H,19,21). The van der Waals surface area contributed by atoms with Crippen molar-refractivity contribution in [1.82, 2.24) is 4.90 Å². The Morgan fingerprint density at radius 3 is 2.76 bits per heavy atom. The van der Waals surface area contributed by atoms with E-state index in [0.717, 1.165) is 18.5 Å². The summed E-state index contributed by atoms with van der Waals surface area (Å²) in [4.78, 5) is 14.4. The Morgan fingerprint density at radius 1 is 1.43 bits per heavy atom. The van der Waals surface area contributed by atoms with Crippen molar-refractivity contribution in [2.45, 2.75) is 38.1 Å². The van der Waals surface area contributed by atoms with Gasteiger partial charge in [0.2, 0.25) is 5.91 Å². The van der Waals surface area contributed by atoms with Crippen LogP contribution in [0.1, 0.15) is 32.6 Å². The molecule has 21 heavy (non-hydrogen) atoms. The smallest absolute Gasteiger partial charge is 0.238 e. The number of amides is 1. The molecule has 0 heterocycles. The summed E-state index contributed by atoms with van der Waals surface area (Å²) in [5, 5.41) is 2.94. The van der Waals surface area contributed by atoms with E-state index in [4.69, 9.17) is 5.73 Å². The molecule has 1 aliphatic rings. The van der Waals surface area contributed by atoms with Crippen molar-refractivity contribution in [3.05, 3.63) is 30.3 Å². The number of nitrogens with one attached hydrogen (secondary N) is 1. The summed E-state index contributed by atoms with van der Waals surface area (Å²) in [7, 11) is 2.02. The zero-order valence-electron chi connectivity index (χ0n) is 13.1. The van der Waals surface area contributed by atoms with Crippen molar-refractivity contribution in [1.29, 1.82) is 0 Å². The molecule has 0 radical (unpaired) electrons. The number of benzene rings is 1. The maximum Gasteiger partial charge on any atom is 0.238 e. The summed E-state index contributed by atoms with van der Waals surface area (Å²) in [5.74, 6) is 0.705. The molecule has 0 bridgehead atoms. The number of hydrogen-bond donors (Lipinski definition) is 2. The van der Waals surface area contributed by atoms with Gasteiger partial charge in [-0.3, -0.25) is 9.69 Å². The van der Waals surface area contributed by atoms with Crippen LogP contribution in [0.3, 0.4) is 0 Å². The number of para-hydroxylation sites is 1. The second-order valence-corrected chi connectivity index (χ2v) is 6.40. The van der Waals surface area contributed by atoms with E-state index in [1.807, 2.05) is 37.4 Å². The highest BCUT2D eigenvalue weighted by Crippen LogP contribution is 2.35. The third-order valence-corrected chi connectivity index (χ3v) is 4.70. The lowest BCUT2D eigenvalue weighted by Gasteiger charge is -2.45. The summed E-state index contributed by atoms with van der Waals surface area (Å²) in [6, 6.07) is 9.58. The predicted molar refractivity (Wildman–Crippen MR) is 87.1 cm³/mol. The number of nitrogens with zero attached hydrogens (tertiary/aromatic N) is 1. The largest absolute Gasteiger partial charge is 0.329 e. The first-order chi connectivity index (χ1) is 10.1. The minimum atomic E-state index is -0.0221. The van der Waals surface area contributed by atoms with Crippen LogP contribution in [0.25, 0.3) is 0 Å². The molecule has 1 aromatic carbocycles. The molecule has 0 aromatic heterocycles. The molecular weight excluding hydrogens is 262 g/mol. The molecule has 0 saturated heterocycles. The molecule has 1 aliphatic carbocycles. The van der Waals surface area contributed by atoms with E-state index >= 15 is 0 Å². The summed E-state index contributed by atoms with van der Waals surface area (Å²) in [5.41, 5.74) is 6.88. The van der Waals surface area contributed by atoms with Gasteiger partial charge in [0.15, 0.2) is 0 Å². The highest BCUT2D eigenvalue weighted by Gasteiger charge is 2.37. The lowest BCUT2D eigenvalue weighted by atomic mass is 9.75. The van der Waals surface area contributed by atoms with Gasteiger partial charge in [0.1, 0.15) is 0 Å². The van der Waals surface area contributed by atoms with Gasteiger partial charge < -0.3 is 11.1 Å². The first-order valence-electron chi connectivity index (χ1n) is 7.82. The van der Waals surface area contributed by atoms with Crippen LogP contribution in [0.2, 0.25) is 0 Å². The van der Waals surface area contributed by atoms with Crippen LogP contribution in [0.4, 0.5) is 5.69 Å². The highest BCUT2D eigenvalue weighted by molar-refractivity contribution is 5.92. The van der Waals surface area contributed by atoms with Crippen LogP contribution < -0.4 is 11.1 Å². The van der Waals surface area contributed by atoms with Crippen molar-refractivity contribution < 1.29 is 4.79 Å². The number of likely N-dealkylation sites (N-methyl/N-ethyl adjacent to an activating group) is 1. The Hall–Kier alpha value is -1.39. The van der Waals surface area contributed by atoms with E-state index in [1.165, 1.54) is 12.8 Å². The number of nitrogens with two attached hydrogens (primary N) is 1. The Balaban J connectivity index is 1.95. The predicted octanol–water partition coefficient (Wildman–Crippen LogP) is 2.46. The molecule has 116 valence electrons. The fraction of sp³-hybridized carbons (Fsp3) is 0.588. The second-order valence-electron chi connectivity index (χ2n) is 6.40. The number of carbonyl (C=O) groups excluding carboxylic acids is 1. The van der Waals surface area contributed by atoms with Crippen molar-refractivity contribution >= 4 is 11.6 Å². The van der Waals surface area contributed by atoms with Crippen LogP contribution in [0, 0.1) is 5.92 Å². The molecule has 1 aromatic rings. The zero-order chi connectivity index (χ0) is 15.3. The van der Waals surface area contributed by atoms with Gasteiger partial charge in [-0.05, 0) is 37.9 Å². The van der Waals surface area contributed by atoms with E-state index in [9.17, 15) is 4.79 Å². The molecule has 0 aliphatic heterocycles. The molecule has 3 N–H and O–H groups in total. The lowest BCUT2D eigenvalue weighted by molar-refractivity contribution is -0.118. The second kappa shape index (κ2) is 7.05. The van der Waals surface area contributed by atoms with E-state index in [0.29, 0.717) is 19.0 Å². The molecule has 4 heteroatoms. The van der Waals surface area contributed by atoms with Gasteiger partial charge in [-0.15, -0.1) is 0 Å². The molecule has 0 spiro atoms. The maximum absolute atomic E-state index is 12.2. The average molecular weight is 289 g/mol. The maximum atomic E-state index is 12.2. The van der Waals surface area contributed by atoms with E-state index in [-0.39, 0.29) is 11.4 Å². The Labute approximate surface area is 127 Å². The SMILES string of the molecule is CC1CCCC(CN)(N(C)CC(=O)Nc2ccccc2)C1. The summed E-state index contributed by atoms with van der Waals surface area (Å²) < 4.78 is 0. The third-order valence-electron chi connectivity index (χ3n) is 4.70. The monoisotopic (exact) mass is 289 g/mol. The Bertz CT molecular complexity index is 462. The van der Waals surface area contributed by atoms with Crippen LogP contribution >= 0.6 is 0 Å². The van der Waals surface area contributed by atoms with Gasteiger partial charge >= 0.3 is 0 Å². The summed E-state index contributed by atoms with van der Waals surface area (Å²) in [6.07, 6.45) is 4.64. The molecule has 2 unspecified atom stereocenters. The van der Waals surface area contributed by atoms with Gasteiger partial charge in [0, 0.05) is 17.8 Å². The van der Waals surface area contributed by atoms with Crippen LogP contribution in [-0.4, -0.2) is 36.5 Å². The van der Waals surface area contributed by atoms with Crippen molar-refractivity contribution in [2.24, 2.45) is 11.7 Å². The molecule has 2 rings (SSSR count). The van der Waals surface area contributed by atoms with E-state index in [2.05, 4.69) is 17.1 Å². The highest BCUT2D eigenvalue weighted by atomic mass is 16.2. The molecule has 1 amide bonds. The number of carbonyl (C=O) groups is 1. The molecular formula is C17H27N3O. The number of hydrogen-bond acceptors (Lipinski definition) is 3. The van der Waals surface area contributed by atoms with Crippen LogP contribution in [0.15, 0.2) is 30.3 Å². The Kier molecular flexibility index (Phi) is 5.37. The average Bonchev–Trinajstić information content (AvgIpc) is 2.47. The van der Waals surface area contributed by atoms with E-state index < -0.39 is 0 Å². The first-order valence-corrected chi connectivity index (χ1v) is 7.82. The molecule has 2 atom stereocenters. The van der Waals surface area contributed by atoms with Gasteiger partial charge in [-0.25, -0.2) is 0 Å². The van der Waals surface area contributed by atoms with Crippen LogP contribution in [0.5, 0.6) is 0 Å². The van der Waals surface area contributed by atoms with Crippen molar-refractivity contribution in [2.75, 3.05) is 25.5 Å². The van der Waals surface area contributed by atoms with E-state index in [1.54, 1.807) is 0 Å². The van der Waals surface area contributed by atoms with Gasteiger partial charge in [0.25, 0.3) is 0 Å². The molecule has 1 fully saturated rings. The minimum absolute atomic E-state index is 0.0221. The molecule has 1 saturated carbocycles. The fourth-order valence-corrected chi connectivity index (χ4v) is 3.43. The minimum Gasteiger partial charge on any atom is -0.329 e. The number of anilines is 1. The van der Waals surface area contributed by atoms with Gasteiger partial charge in [0.05, 0.1) is 6.54 Å². The van der Waals surface area contributed by atoms with Gasteiger partial charge in [-0.1, -0.05) is 38.0 Å². The summed E-state index contributed by atoms with van der Waals surface area (Å²) in [6.45, 7) is 3.28. The number of rotatable bonds is 5. The quantitative estimate of drug-likeness (QED) is 0.875. The van der Waals surface area contributed by atoms with Gasteiger partial charge in [-0.2, -0.15) is 0 Å². The zero-order valence-corrected chi connectivity index (χ0v) is 13.1. The van der Waals surface area contributed by atoms with Crippen molar-refractivity contribution in [3.63, 3.8) is 0 Å². The van der Waals surface area contributed by atoms with Crippen LogP contribution in [-0.2, 0) is 4.79 Å². The third kappa shape index (κ3) is 4.05. The van der Waals surface area contributed by atoms with Crippen molar-refractivity contribution in [3.8, 4) is 0 Å². The normalized spacial score (nSPS) is 25.8. The summed E-state index contributed by atoms with van der Waals surface area (Å²) >= 11 is 0. The fourth-order valence-electron chi connectivity index (χ4n) is 3.43.